The third-order valence-corrected chi connectivity index (χ3v) is 9.08. The number of nitrogens with zero attached hydrogens (tertiary/aromatic N) is 2. The second-order valence-electron chi connectivity index (χ2n) is 9.69. The largest absolute Gasteiger partial charge is 0.495 e. The second kappa shape index (κ2) is 14.1. The molecule has 0 saturated heterocycles. The van der Waals surface area contributed by atoms with Crippen LogP contribution in [0.4, 0.5) is 5.69 Å². The second-order valence-corrected chi connectivity index (χ2v) is 12.4. The number of aryl methyl sites for hydroxylation is 2. The Labute approximate surface area is 252 Å². The van der Waals surface area contributed by atoms with Crippen molar-refractivity contribution in [2.75, 3.05) is 24.5 Å². The van der Waals surface area contributed by atoms with Crippen LogP contribution in [0.3, 0.4) is 0 Å². The number of carbonyl (C=O) groups is 2. The fraction of sp³-hybridized carbons (Fsp3) is 0.333. The van der Waals surface area contributed by atoms with Crippen LogP contribution in [0.1, 0.15) is 37.0 Å². The van der Waals surface area contributed by atoms with Gasteiger partial charge in [0, 0.05) is 28.7 Å². The first-order valence-electron chi connectivity index (χ1n) is 13.1. The number of halogens is 2. The summed E-state index contributed by atoms with van der Waals surface area (Å²) in [5.74, 6) is -0.739. The summed E-state index contributed by atoms with van der Waals surface area (Å²) in [5, 5.41) is 3.44. The molecular weight excluding hydrogens is 585 g/mol. The van der Waals surface area contributed by atoms with Gasteiger partial charge in [-0.25, -0.2) is 8.42 Å². The average Bonchev–Trinajstić information content (AvgIpc) is 2.94. The number of sulfonamides is 1. The molecular formula is C30H35Cl2N3O5S. The van der Waals surface area contributed by atoms with Crippen molar-refractivity contribution in [2.45, 2.75) is 51.6 Å². The summed E-state index contributed by atoms with van der Waals surface area (Å²) in [5.41, 5.74) is 2.29. The Balaban J connectivity index is 2.13. The van der Waals surface area contributed by atoms with E-state index in [1.165, 1.54) is 24.1 Å². The molecule has 0 aliphatic carbocycles. The van der Waals surface area contributed by atoms with Crippen LogP contribution in [-0.4, -0.2) is 51.4 Å². The number of rotatable bonds is 12. The fourth-order valence-corrected chi connectivity index (χ4v) is 6.11. The smallest absolute Gasteiger partial charge is 0.264 e. The molecule has 3 rings (SSSR count). The molecule has 8 nitrogen and oxygen atoms in total. The van der Waals surface area contributed by atoms with Crippen LogP contribution in [0.15, 0.2) is 65.6 Å². The van der Waals surface area contributed by atoms with Gasteiger partial charge in [-0.15, -0.1) is 0 Å². The number of nitrogens with one attached hydrogen (secondary N) is 1. The van der Waals surface area contributed by atoms with Gasteiger partial charge in [-0.05, 0) is 69.2 Å². The van der Waals surface area contributed by atoms with Gasteiger partial charge in [0.1, 0.15) is 18.3 Å². The molecule has 1 N–H and O–H groups in total. The highest BCUT2D eigenvalue weighted by atomic mass is 35.5. The van der Waals surface area contributed by atoms with Crippen LogP contribution in [0.25, 0.3) is 0 Å². The molecule has 0 fully saturated rings. The molecule has 0 unspecified atom stereocenters. The lowest BCUT2D eigenvalue weighted by Crippen LogP contribution is -2.51. The van der Waals surface area contributed by atoms with Gasteiger partial charge in [-0.1, -0.05) is 60.0 Å². The number of methoxy groups -OCH3 is 1. The zero-order valence-corrected chi connectivity index (χ0v) is 26.1. The lowest BCUT2D eigenvalue weighted by molar-refractivity contribution is -0.139. The zero-order chi connectivity index (χ0) is 30.3. The third-order valence-electron chi connectivity index (χ3n) is 6.60. The predicted octanol–water partition coefficient (Wildman–Crippen LogP) is 5.76. The van der Waals surface area contributed by atoms with Crippen LogP contribution in [0, 0.1) is 13.8 Å². The Morgan fingerprint density at radius 2 is 1.59 bits per heavy atom. The van der Waals surface area contributed by atoms with Crippen molar-refractivity contribution >= 4 is 50.7 Å². The first-order valence-corrected chi connectivity index (χ1v) is 15.3. The van der Waals surface area contributed by atoms with Gasteiger partial charge in [0.15, 0.2) is 0 Å². The summed E-state index contributed by atoms with van der Waals surface area (Å²) in [6.07, 6.45) is 0.707. The van der Waals surface area contributed by atoms with Crippen molar-refractivity contribution in [3.05, 3.63) is 87.4 Å². The van der Waals surface area contributed by atoms with Gasteiger partial charge in [-0.3, -0.25) is 13.9 Å². The van der Waals surface area contributed by atoms with Gasteiger partial charge in [0.25, 0.3) is 10.0 Å². The summed E-state index contributed by atoms with van der Waals surface area (Å²) in [6.45, 7) is 6.87. The molecule has 1 atom stereocenters. The summed E-state index contributed by atoms with van der Waals surface area (Å²) >= 11 is 12.8. The van der Waals surface area contributed by atoms with Gasteiger partial charge in [-0.2, -0.15) is 0 Å². The minimum absolute atomic E-state index is 0.00824. The number of anilines is 1. The molecule has 0 aliphatic rings. The molecule has 220 valence electrons. The summed E-state index contributed by atoms with van der Waals surface area (Å²) in [7, 11) is -2.82. The molecule has 2 amide bonds. The van der Waals surface area contributed by atoms with E-state index in [0.29, 0.717) is 28.6 Å². The Bertz CT molecular complexity index is 1480. The molecule has 0 aliphatic heterocycles. The lowest BCUT2D eigenvalue weighted by atomic mass is 10.1. The Hall–Kier alpha value is -3.27. The highest BCUT2D eigenvalue weighted by molar-refractivity contribution is 7.92. The number of amides is 2. The quantitative estimate of drug-likeness (QED) is 0.278. The molecule has 0 aromatic heterocycles. The first kappa shape index (κ1) is 32.2. The Morgan fingerprint density at radius 1 is 0.976 bits per heavy atom. The third kappa shape index (κ3) is 7.72. The van der Waals surface area contributed by atoms with Crippen LogP contribution in [0.2, 0.25) is 10.0 Å². The van der Waals surface area contributed by atoms with E-state index in [-0.39, 0.29) is 28.8 Å². The molecule has 3 aromatic carbocycles. The van der Waals surface area contributed by atoms with E-state index < -0.39 is 28.5 Å². The highest BCUT2D eigenvalue weighted by Gasteiger charge is 2.34. The molecule has 11 heteroatoms. The van der Waals surface area contributed by atoms with E-state index in [0.717, 1.165) is 15.4 Å². The summed E-state index contributed by atoms with van der Waals surface area (Å²) < 4.78 is 34.7. The van der Waals surface area contributed by atoms with Crippen LogP contribution in [-0.2, 0) is 26.2 Å². The number of carbonyl (C=O) groups excluding carboxylic acids is 2. The van der Waals surface area contributed by atoms with Crippen molar-refractivity contribution in [1.82, 2.24) is 10.2 Å². The van der Waals surface area contributed by atoms with E-state index in [4.69, 9.17) is 27.9 Å². The normalized spacial score (nSPS) is 12.0. The van der Waals surface area contributed by atoms with E-state index >= 15 is 0 Å². The summed E-state index contributed by atoms with van der Waals surface area (Å²) in [6, 6.07) is 15.4. The number of hydrogen-bond donors (Lipinski definition) is 1. The highest BCUT2D eigenvalue weighted by Crippen LogP contribution is 2.34. The molecule has 0 saturated carbocycles. The minimum Gasteiger partial charge on any atom is -0.495 e. The van der Waals surface area contributed by atoms with Gasteiger partial charge >= 0.3 is 0 Å². The maximum atomic E-state index is 14.1. The maximum Gasteiger partial charge on any atom is 0.264 e. The summed E-state index contributed by atoms with van der Waals surface area (Å²) in [4.78, 5) is 28.4. The van der Waals surface area contributed by atoms with Crippen molar-refractivity contribution in [3.63, 3.8) is 0 Å². The van der Waals surface area contributed by atoms with Crippen molar-refractivity contribution in [2.24, 2.45) is 0 Å². The molecule has 3 aromatic rings. The zero-order valence-electron chi connectivity index (χ0n) is 23.8. The molecule has 41 heavy (non-hydrogen) atoms. The topological polar surface area (TPSA) is 96.0 Å². The van der Waals surface area contributed by atoms with E-state index in [1.807, 2.05) is 20.8 Å². The minimum atomic E-state index is -4.24. The molecule has 0 heterocycles. The number of ether oxygens (including phenoxy) is 1. The Kier molecular flexibility index (Phi) is 11.1. The first-order chi connectivity index (χ1) is 19.4. The van der Waals surface area contributed by atoms with Crippen molar-refractivity contribution in [1.29, 1.82) is 0 Å². The standard InChI is InChI=1S/C30H35Cl2N3O5S/c1-6-16-33-30(37)22(4)34(18-24-25(31)8-7-9-26(24)32)29(36)19-35(27-17-21(3)12-15-28(27)40-5)41(38,39)23-13-10-20(2)11-14-23/h7-15,17,22H,6,16,18-19H2,1-5H3,(H,33,37)/t22-/m1/s1. The predicted molar refractivity (Wildman–Crippen MR) is 163 cm³/mol. The van der Waals surface area contributed by atoms with Crippen LogP contribution < -0.4 is 14.4 Å². The van der Waals surface area contributed by atoms with Crippen molar-refractivity contribution in [3.8, 4) is 5.75 Å². The number of benzene rings is 3. The monoisotopic (exact) mass is 619 g/mol. The van der Waals surface area contributed by atoms with E-state index in [9.17, 15) is 18.0 Å². The van der Waals surface area contributed by atoms with Crippen molar-refractivity contribution < 1.29 is 22.7 Å². The average molecular weight is 621 g/mol. The van der Waals surface area contributed by atoms with Gasteiger partial charge in [0.2, 0.25) is 11.8 Å². The number of hydrogen-bond acceptors (Lipinski definition) is 5. The Morgan fingerprint density at radius 3 is 2.17 bits per heavy atom. The molecule has 0 radical (unpaired) electrons. The maximum absolute atomic E-state index is 14.1. The van der Waals surface area contributed by atoms with Gasteiger partial charge in [0.05, 0.1) is 17.7 Å². The SMILES string of the molecule is CCCNC(=O)[C@@H](C)N(Cc1c(Cl)cccc1Cl)C(=O)CN(c1cc(C)ccc1OC)S(=O)(=O)c1ccc(C)cc1. The van der Waals surface area contributed by atoms with Crippen LogP contribution in [0.5, 0.6) is 5.75 Å². The fourth-order valence-electron chi connectivity index (χ4n) is 4.18. The lowest BCUT2D eigenvalue weighted by Gasteiger charge is -2.32. The molecule has 0 spiro atoms. The van der Waals surface area contributed by atoms with Crippen LogP contribution >= 0.6 is 23.2 Å². The molecule has 0 bridgehead atoms. The van der Waals surface area contributed by atoms with E-state index in [1.54, 1.807) is 55.5 Å². The van der Waals surface area contributed by atoms with Gasteiger partial charge < -0.3 is 15.0 Å². The van der Waals surface area contributed by atoms with E-state index in [2.05, 4.69) is 5.32 Å².